The highest BCUT2D eigenvalue weighted by Gasteiger charge is 2.16. The predicted octanol–water partition coefficient (Wildman–Crippen LogP) is 2.16. The van der Waals surface area contributed by atoms with Gasteiger partial charge in [0, 0.05) is 16.4 Å². The Morgan fingerprint density at radius 2 is 2.08 bits per heavy atom. The topological polar surface area (TPSA) is 138 Å². The van der Waals surface area contributed by atoms with Crippen molar-refractivity contribution in [3.05, 3.63) is 23.2 Å². The Kier molecular flexibility index (Phi) is 4.86. The van der Waals surface area contributed by atoms with Crippen molar-refractivity contribution in [2.24, 2.45) is 5.92 Å². The quantitative estimate of drug-likeness (QED) is 0.420. The monoisotopic (exact) mass is 362 g/mol. The highest BCUT2D eigenvalue weighted by molar-refractivity contribution is 6.31. The molecule has 3 rings (SSSR count). The van der Waals surface area contributed by atoms with Crippen LogP contribution in [0.15, 0.2) is 18.2 Å². The lowest BCUT2D eigenvalue weighted by Gasteiger charge is -2.20. The lowest BCUT2D eigenvalue weighted by molar-refractivity contribution is 0.248. The SMILES string of the molecule is CC(C)[C@H](CO)Nc1nc(Nc2cc(N)cc(Cl)c2)c2[nH]nnc2n1. The molecule has 0 fully saturated rings. The molecule has 0 aliphatic carbocycles. The van der Waals surface area contributed by atoms with E-state index < -0.39 is 0 Å². The van der Waals surface area contributed by atoms with Crippen molar-refractivity contribution in [2.75, 3.05) is 23.0 Å². The van der Waals surface area contributed by atoms with Gasteiger partial charge in [-0.2, -0.15) is 9.97 Å². The fraction of sp³-hybridized carbons (Fsp3) is 0.333. The summed E-state index contributed by atoms with van der Waals surface area (Å²) >= 11 is 6.04. The summed E-state index contributed by atoms with van der Waals surface area (Å²) in [5.41, 5.74) is 7.98. The number of nitrogens with two attached hydrogens (primary N) is 1. The van der Waals surface area contributed by atoms with Crippen molar-refractivity contribution in [2.45, 2.75) is 19.9 Å². The minimum atomic E-state index is -0.181. The van der Waals surface area contributed by atoms with E-state index in [2.05, 4.69) is 36.0 Å². The highest BCUT2D eigenvalue weighted by Crippen LogP contribution is 2.26. The van der Waals surface area contributed by atoms with Gasteiger partial charge in [0.25, 0.3) is 0 Å². The van der Waals surface area contributed by atoms with E-state index in [-0.39, 0.29) is 18.6 Å². The minimum Gasteiger partial charge on any atom is -0.399 e. The first-order chi connectivity index (χ1) is 12.0. The number of rotatable bonds is 6. The average molecular weight is 363 g/mol. The lowest BCUT2D eigenvalue weighted by atomic mass is 10.1. The Morgan fingerprint density at radius 1 is 1.28 bits per heavy atom. The maximum absolute atomic E-state index is 9.50. The largest absolute Gasteiger partial charge is 0.399 e. The van der Waals surface area contributed by atoms with Crippen molar-refractivity contribution in [1.82, 2.24) is 25.4 Å². The molecule has 6 N–H and O–H groups in total. The fourth-order valence-corrected chi connectivity index (χ4v) is 2.56. The zero-order valence-electron chi connectivity index (χ0n) is 13.8. The zero-order chi connectivity index (χ0) is 18.0. The Labute approximate surface area is 149 Å². The van der Waals surface area contributed by atoms with Gasteiger partial charge in [-0.1, -0.05) is 30.7 Å². The molecule has 1 aromatic carbocycles. The molecule has 0 radical (unpaired) electrons. The van der Waals surface area contributed by atoms with E-state index in [1.54, 1.807) is 18.2 Å². The average Bonchev–Trinajstić information content (AvgIpc) is 3.00. The molecule has 9 nitrogen and oxygen atoms in total. The Hall–Kier alpha value is -2.65. The van der Waals surface area contributed by atoms with E-state index in [0.717, 1.165) is 0 Å². The summed E-state index contributed by atoms with van der Waals surface area (Å²) in [4.78, 5) is 8.77. The third kappa shape index (κ3) is 3.89. The molecule has 132 valence electrons. The number of nitrogens with one attached hydrogen (secondary N) is 3. The summed E-state index contributed by atoms with van der Waals surface area (Å²) in [6.07, 6.45) is 0. The number of hydrogen-bond donors (Lipinski definition) is 5. The molecular formula is C15H19ClN8O. The van der Waals surface area contributed by atoms with Gasteiger partial charge in [-0.25, -0.2) is 0 Å². The van der Waals surface area contributed by atoms with Crippen LogP contribution in [-0.2, 0) is 0 Å². The van der Waals surface area contributed by atoms with Crippen LogP contribution in [-0.4, -0.2) is 43.1 Å². The molecule has 0 saturated heterocycles. The van der Waals surface area contributed by atoms with Gasteiger partial charge >= 0.3 is 0 Å². The summed E-state index contributed by atoms with van der Waals surface area (Å²) in [7, 11) is 0. The third-order valence-corrected chi connectivity index (χ3v) is 3.91. The van der Waals surface area contributed by atoms with Crippen LogP contribution in [0.3, 0.4) is 0 Å². The van der Waals surface area contributed by atoms with E-state index >= 15 is 0 Å². The molecule has 0 bridgehead atoms. The number of aromatic amines is 1. The van der Waals surface area contributed by atoms with Crippen LogP contribution in [0.2, 0.25) is 5.02 Å². The summed E-state index contributed by atoms with van der Waals surface area (Å²) in [5.74, 6) is 1.01. The molecule has 2 heterocycles. The molecule has 0 saturated carbocycles. The number of aromatic nitrogens is 5. The second-order valence-electron chi connectivity index (χ2n) is 5.98. The molecular weight excluding hydrogens is 344 g/mol. The van der Waals surface area contributed by atoms with E-state index in [0.29, 0.717) is 39.3 Å². The van der Waals surface area contributed by atoms with Crippen molar-refractivity contribution in [3.8, 4) is 0 Å². The second kappa shape index (κ2) is 7.08. The normalized spacial score (nSPS) is 12.5. The molecule has 0 spiro atoms. The van der Waals surface area contributed by atoms with Gasteiger partial charge < -0.3 is 21.5 Å². The molecule has 10 heteroatoms. The molecule has 2 aromatic heterocycles. The molecule has 0 aliphatic rings. The van der Waals surface area contributed by atoms with Crippen molar-refractivity contribution in [1.29, 1.82) is 0 Å². The summed E-state index contributed by atoms with van der Waals surface area (Å²) in [6, 6.07) is 4.94. The summed E-state index contributed by atoms with van der Waals surface area (Å²) < 4.78 is 0. The third-order valence-electron chi connectivity index (χ3n) is 3.70. The van der Waals surface area contributed by atoms with Gasteiger partial charge in [0.15, 0.2) is 5.82 Å². The van der Waals surface area contributed by atoms with Crippen LogP contribution >= 0.6 is 11.6 Å². The van der Waals surface area contributed by atoms with Gasteiger partial charge in [-0.3, -0.25) is 5.10 Å². The second-order valence-corrected chi connectivity index (χ2v) is 6.42. The van der Waals surface area contributed by atoms with Crippen LogP contribution in [0.1, 0.15) is 13.8 Å². The van der Waals surface area contributed by atoms with Crippen LogP contribution in [0.5, 0.6) is 0 Å². The summed E-state index contributed by atoms with van der Waals surface area (Å²) in [5, 5.41) is 26.7. The van der Waals surface area contributed by atoms with Gasteiger partial charge in [0.05, 0.1) is 12.6 Å². The van der Waals surface area contributed by atoms with Crippen molar-refractivity contribution < 1.29 is 5.11 Å². The lowest BCUT2D eigenvalue weighted by Crippen LogP contribution is -2.30. The Bertz CT molecular complexity index is 861. The molecule has 0 unspecified atom stereocenters. The number of hydrogen-bond acceptors (Lipinski definition) is 8. The van der Waals surface area contributed by atoms with E-state index in [4.69, 9.17) is 17.3 Å². The minimum absolute atomic E-state index is 0.0362. The highest BCUT2D eigenvalue weighted by atomic mass is 35.5. The number of aliphatic hydroxyl groups excluding tert-OH is 1. The number of nitrogen functional groups attached to an aromatic ring is 1. The number of anilines is 4. The van der Waals surface area contributed by atoms with E-state index in [1.807, 2.05) is 13.8 Å². The first kappa shape index (κ1) is 17.2. The zero-order valence-corrected chi connectivity index (χ0v) is 14.5. The smallest absolute Gasteiger partial charge is 0.227 e. The van der Waals surface area contributed by atoms with Gasteiger partial charge in [0.1, 0.15) is 5.52 Å². The molecule has 1 atom stereocenters. The Morgan fingerprint density at radius 3 is 2.76 bits per heavy atom. The number of H-pyrrole nitrogens is 1. The standard InChI is InChI=1S/C15H19ClN8O/c1-7(2)11(6-25)19-15-20-13(12-14(21-15)23-24-22-12)18-10-4-8(16)3-9(17)5-10/h3-5,7,11,25H,6,17H2,1-2H3,(H3,18,19,20,21,22,23,24)/t11-/m0/s1. The molecule has 0 aliphatic heterocycles. The first-order valence-corrected chi connectivity index (χ1v) is 8.13. The molecule has 25 heavy (non-hydrogen) atoms. The van der Waals surface area contributed by atoms with Gasteiger partial charge in [-0.15, -0.1) is 5.10 Å². The van der Waals surface area contributed by atoms with Crippen molar-refractivity contribution in [3.63, 3.8) is 0 Å². The number of nitrogens with zero attached hydrogens (tertiary/aromatic N) is 4. The number of benzene rings is 1. The van der Waals surface area contributed by atoms with Crippen LogP contribution in [0.25, 0.3) is 11.2 Å². The van der Waals surface area contributed by atoms with E-state index in [1.165, 1.54) is 0 Å². The maximum Gasteiger partial charge on any atom is 0.227 e. The van der Waals surface area contributed by atoms with Crippen LogP contribution in [0, 0.1) is 5.92 Å². The van der Waals surface area contributed by atoms with Gasteiger partial charge in [-0.05, 0) is 24.1 Å². The van der Waals surface area contributed by atoms with Crippen molar-refractivity contribution >= 4 is 45.9 Å². The number of halogens is 1. The molecule has 0 amide bonds. The van der Waals surface area contributed by atoms with Gasteiger partial charge in [0.2, 0.25) is 11.6 Å². The number of fused-ring (bicyclic) bond motifs is 1. The maximum atomic E-state index is 9.50. The first-order valence-electron chi connectivity index (χ1n) is 7.75. The van der Waals surface area contributed by atoms with Crippen LogP contribution < -0.4 is 16.4 Å². The predicted molar refractivity (Wildman–Crippen MR) is 98.0 cm³/mol. The van der Waals surface area contributed by atoms with E-state index in [9.17, 15) is 5.11 Å². The van der Waals surface area contributed by atoms with Crippen LogP contribution in [0.4, 0.5) is 23.1 Å². The molecule has 3 aromatic rings. The Balaban J connectivity index is 1.97. The number of aliphatic hydroxyl groups is 1. The summed E-state index contributed by atoms with van der Waals surface area (Å²) in [6.45, 7) is 3.96. The fourth-order valence-electron chi connectivity index (χ4n) is 2.31.